The van der Waals surface area contributed by atoms with E-state index in [1.807, 2.05) is 0 Å². The van der Waals surface area contributed by atoms with Crippen molar-refractivity contribution in [2.75, 3.05) is 34.4 Å². The Morgan fingerprint density at radius 1 is 1.12 bits per heavy atom. The molecule has 8 nitrogen and oxygen atoms in total. The molecule has 1 aromatic rings. The quantitative estimate of drug-likeness (QED) is 0.759. The van der Waals surface area contributed by atoms with Gasteiger partial charge in [-0.3, -0.25) is 0 Å². The van der Waals surface area contributed by atoms with Gasteiger partial charge in [-0.25, -0.2) is 18.0 Å². The SMILES string of the molecule is CNC1CCCN(S(=O)(=O)c2cc(C(=O)OC)cc(C(=O)OC)c2)C1. The average Bonchev–Trinajstić information content (AvgIpc) is 2.66. The monoisotopic (exact) mass is 370 g/mol. The van der Waals surface area contributed by atoms with Crippen molar-refractivity contribution in [2.24, 2.45) is 0 Å². The van der Waals surface area contributed by atoms with Crippen molar-refractivity contribution in [2.45, 2.75) is 23.8 Å². The van der Waals surface area contributed by atoms with Crippen LogP contribution < -0.4 is 5.32 Å². The number of carbonyl (C=O) groups excluding carboxylic acids is 2. The van der Waals surface area contributed by atoms with E-state index in [4.69, 9.17) is 0 Å². The predicted octanol–water partition coefficient (Wildman–Crippen LogP) is 0.632. The standard InChI is InChI=1S/C16H22N2O6S/c1-17-13-5-4-6-18(10-13)25(21,22)14-8-11(15(19)23-2)7-12(9-14)16(20)24-3/h7-9,13,17H,4-6,10H2,1-3H3. The number of nitrogens with zero attached hydrogens (tertiary/aromatic N) is 1. The van der Waals surface area contributed by atoms with Crippen LogP contribution in [-0.2, 0) is 19.5 Å². The molecule has 25 heavy (non-hydrogen) atoms. The summed E-state index contributed by atoms with van der Waals surface area (Å²) in [7, 11) is 0.298. The summed E-state index contributed by atoms with van der Waals surface area (Å²) in [6, 6.07) is 3.75. The normalized spacial score (nSPS) is 18.6. The zero-order valence-electron chi connectivity index (χ0n) is 14.4. The van der Waals surface area contributed by atoms with Gasteiger partial charge in [0.15, 0.2) is 0 Å². The Hall–Kier alpha value is -1.97. The smallest absolute Gasteiger partial charge is 0.337 e. The number of likely N-dealkylation sites (N-methyl/N-ethyl adjacent to an activating group) is 1. The average molecular weight is 370 g/mol. The van der Waals surface area contributed by atoms with E-state index < -0.39 is 22.0 Å². The van der Waals surface area contributed by atoms with E-state index in [1.54, 1.807) is 7.05 Å². The predicted molar refractivity (Wildman–Crippen MR) is 90.0 cm³/mol. The fourth-order valence-electron chi connectivity index (χ4n) is 2.76. The van der Waals surface area contributed by atoms with Crippen LogP contribution >= 0.6 is 0 Å². The van der Waals surface area contributed by atoms with Crippen LogP contribution in [0, 0.1) is 0 Å². The van der Waals surface area contributed by atoms with Gasteiger partial charge in [-0.1, -0.05) is 0 Å². The summed E-state index contributed by atoms with van der Waals surface area (Å²) in [4.78, 5) is 23.5. The van der Waals surface area contributed by atoms with E-state index in [0.29, 0.717) is 13.1 Å². The lowest BCUT2D eigenvalue weighted by molar-refractivity contribution is 0.0598. The van der Waals surface area contributed by atoms with Crippen LogP contribution in [0.1, 0.15) is 33.6 Å². The summed E-state index contributed by atoms with van der Waals surface area (Å²) >= 11 is 0. The molecule has 1 heterocycles. The number of rotatable bonds is 5. The number of ether oxygens (including phenoxy) is 2. The fraction of sp³-hybridized carbons (Fsp3) is 0.500. The zero-order valence-corrected chi connectivity index (χ0v) is 15.3. The first-order valence-electron chi connectivity index (χ1n) is 7.82. The van der Waals surface area contributed by atoms with Gasteiger partial charge in [0.2, 0.25) is 10.0 Å². The van der Waals surface area contributed by atoms with Gasteiger partial charge in [0.1, 0.15) is 0 Å². The van der Waals surface area contributed by atoms with Crippen LogP contribution in [0.15, 0.2) is 23.1 Å². The molecule has 0 radical (unpaired) electrons. The second-order valence-corrected chi connectivity index (χ2v) is 7.66. The zero-order chi connectivity index (χ0) is 18.6. The lowest BCUT2D eigenvalue weighted by atomic mass is 10.1. The third kappa shape index (κ3) is 4.17. The largest absolute Gasteiger partial charge is 0.465 e. The van der Waals surface area contributed by atoms with Crippen molar-refractivity contribution in [1.29, 1.82) is 0 Å². The van der Waals surface area contributed by atoms with Crippen LogP contribution in [0.4, 0.5) is 0 Å². The van der Waals surface area contributed by atoms with Crippen LogP contribution in [0.5, 0.6) is 0 Å². The molecule has 1 fully saturated rings. The number of methoxy groups -OCH3 is 2. The Bertz CT molecular complexity index is 728. The van der Waals surface area contributed by atoms with Crippen molar-refractivity contribution in [3.63, 3.8) is 0 Å². The molecule has 2 rings (SSSR count). The van der Waals surface area contributed by atoms with Gasteiger partial charge in [0, 0.05) is 19.1 Å². The first kappa shape index (κ1) is 19.4. The summed E-state index contributed by atoms with van der Waals surface area (Å²) < 4.78 is 36.6. The van der Waals surface area contributed by atoms with E-state index >= 15 is 0 Å². The van der Waals surface area contributed by atoms with Crippen molar-refractivity contribution in [3.05, 3.63) is 29.3 Å². The number of sulfonamides is 1. The van der Waals surface area contributed by atoms with E-state index in [2.05, 4.69) is 14.8 Å². The van der Waals surface area contributed by atoms with E-state index in [1.165, 1.54) is 36.7 Å². The van der Waals surface area contributed by atoms with Gasteiger partial charge in [-0.2, -0.15) is 4.31 Å². The maximum Gasteiger partial charge on any atom is 0.337 e. The summed E-state index contributed by atoms with van der Waals surface area (Å²) in [6.07, 6.45) is 1.61. The van der Waals surface area contributed by atoms with Gasteiger partial charge in [-0.05, 0) is 38.1 Å². The Labute approximate surface area is 147 Å². The third-order valence-corrected chi connectivity index (χ3v) is 6.02. The highest BCUT2D eigenvalue weighted by Gasteiger charge is 2.31. The summed E-state index contributed by atoms with van der Waals surface area (Å²) in [5.41, 5.74) is -0.0442. The molecule has 1 aromatic carbocycles. The Morgan fingerprint density at radius 3 is 2.16 bits per heavy atom. The fourth-order valence-corrected chi connectivity index (χ4v) is 4.36. The summed E-state index contributed by atoms with van der Waals surface area (Å²) in [6.45, 7) is 0.714. The van der Waals surface area contributed by atoms with Crippen molar-refractivity contribution in [1.82, 2.24) is 9.62 Å². The van der Waals surface area contributed by atoms with E-state index in [9.17, 15) is 18.0 Å². The first-order chi connectivity index (χ1) is 11.8. The lowest BCUT2D eigenvalue weighted by Crippen LogP contribution is -2.46. The van der Waals surface area contributed by atoms with E-state index in [-0.39, 0.29) is 22.1 Å². The molecule has 138 valence electrons. The van der Waals surface area contributed by atoms with Crippen molar-refractivity contribution in [3.8, 4) is 0 Å². The highest BCUT2D eigenvalue weighted by atomic mass is 32.2. The van der Waals surface area contributed by atoms with Gasteiger partial charge < -0.3 is 14.8 Å². The minimum Gasteiger partial charge on any atom is -0.465 e. The van der Waals surface area contributed by atoms with Gasteiger partial charge in [-0.15, -0.1) is 0 Å². The second kappa shape index (κ2) is 7.94. The molecule has 0 aliphatic carbocycles. The maximum atomic E-state index is 13.0. The third-order valence-electron chi connectivity index (χ3n) is 4.18. The Morgan fingerprint density at radius 2 is 1.68 bits per heavy atom. The topological polar surface area (TPSA) is 102 Å². The summed E-state index contributed by atoms with van der Waals surface area (Å²) in [5.74, 6) is -1.46. The number of esters is 2. The highest BCUT2D eigenvalue weighted by Crippen LogP contribution is 2.24. The molecule has 1 saturated heterocycles. The van der Waals surface area contributed by atoms with Crippen molar-refractivity contribution >= 4 is 22.0 Å². The maximum absolute atomic E-state index is 13.0. The van der Waals surface area contributed by atoms with Crippen LogP contribution in [-0.4, -0.2) is 65.1 Å². The molecular formula is C16H22N2O6S. The molecule has 1 unspecified atom stereocenters. The lowest BCUT2D eigenvalue weighted by Gasteiger charge is -2.31. The van der Waals surface area contributed by atoms with Gasteiger partial charge in [0.25, 0.3) is 0 Å². The Kier molecular flexibility index (Phi) is 6.15. The van der Waals surface area contributed by atoms with Gasteiger partial charge in [0.05, 0.1) is 30.2 Å². The number of hydrogen-bond donors (Lipinski definition) is 1. The highest BCUT2D eigenvalue weighted by molar-refractivity contribution is 7.89. The van der Waals surface area contributed by atoms with Gasteiger partial charge >= 0.3 is 11.9 Å². The molecule has 9 heteroatoms. The Balaban J connectivity index is 2.48. The number of hydrogen-bond acceptors (Lipinski definition) is 7. The van der Waals surface area contributed by atoms with Crippen LogP contribution in [0.3, 0.4) is 0 Å². The number of piperidine rings is 1. The molecule has 1 N–H and O–H groups in total. The molecule has 1 atom stereocenters. The molecule has 0 bridgehead atoms. The van der Waals surface area contributed by atoms with Crippen LogP contribution in [0.25, 0.3) is 0 Å². The van der Waals surface area contributed by atoms with E-state index in [0.717, 1.165) is 12.8 Å². The number of carbonyl (C=O) groups is 2. The second-order valence-electron chi connectivity index (χ2n) is 5.72. The molecular weight excluding hydrogens is 348 g/mol. The van der Waals surface area contributed by atoms with Crippen LogP contribution in [0.2, 0.25) is 0 Å². The minimum atomic E-state index is -3.86. The number of nitrogens with one attached hydrogen (secondary N) is 1. The molecule has 1 aliphatic heterocycles. The first-order valence-corrected chi connectivity index (χ1v) is 9.26. The molecule has 0 aromatic heterocycles. The van der Waals surface area contributed by atoms with Crippen molar-refractivity contribution < 1.29 is 27.5 Å². The minimum absolute atomic E-state index is 0.0221. The summed E-state index contributed by atoms with van der Waals surface area (Å²) in [5, 5.41) is 3.08. The number of benzene rings is 1. The molecule has 1 aliphatic rings. The molecule has 0 amide bonds. The molecule has 0 spiro atoms. The molecule has 0 saturated carbocycles.